The van der Waals surface area contributed by atoms with E-state index >= 15 is 0 Å². The van der Waals surface area contributed by atoms with Crippen molar-refractivity contribution >= 4 is 38.7 Å². The molecule has 0 aliphatic rings. The fraction of sp³-hybridized carbons (Fsp3) is 0. The number of aromatic hydroxyl groups is 2. The number of nitrogens with zero attached hydrogens (tertiary/aromatic N) is 2. The molecule has 1 aromatic carbocycles. The zero-order valence-electron chi connectivity index (χ0n) is 7.08. The molecular weight excluding hydrogens is 403 g/mol. The Morgan fingerprint density at radius 2 is 1.27 bits per heavy atom. The summed E-state index contributed by atoms with van der Waals surface area (Å²) in [6, 6.07) is 1.04. The Labute approximate surface area is 103 Å². The van der Waals surface area contributed by atoms with Gasteiger partial charge < -0.3 is 10.2 Å². The van der Waals surface area contributed by atoms with Gasteiger partial charge in [-0.25, -0.2) is 0 Å². The smallest absolute Gasteiger partial charge is 0.317 e. The second kappa shape index (κ2) is 4.86. The van der Waals surface area contributed by atoms with Crippen LogP contribution >= 0.6 is 0 Å². The minimum absolute atomic E-state index is 0. The Balaban J connectivity index is 0.00000196. The van der Waals surface area contributed by atoms with Crippen LogP contribution < -0.4 is 0 Å². The second-order valence-electron chi connectivity index (χ2n) is 2.34. The Kier molecular flexibility index (Phi) is 4.39. The molecule has 15 heavy (non-hydrogen) atoms. The Morgan fingerprint density at radius 1 is 0.933 bits per heavy atom. The molecule has 4 radical (unpaired) electrons. The maximum atomic E-state index is 10.2. The molecule has 0 unspecified atom stereocenters. The summed E-state index contributed by atoms with van der Waals surface area (Å²) in [7, 11) is 0. The molecule has 0 heterocycles. The van der Waals surface area contributed by atoms with Gasteiger partial charge in [0.05, 0.1) is 9.85 Å². The van der Waals surface area contributed by atoms with Crippen LogP contribution in [0.2, 0.25) is 0 Å². The maximum Gasteiger partial charge on any atom is 0.317 e. The number of nitro groups is 2. The van der Waals surface area contributed by atoms with Gasteiger partial charge in [0.1, 0.15) is 6.07 Å². The van der Waals surface area contributed by atoms with Crippen molar-refractivity contribution in [2.45, 2.75) is 0 Å². The van der Waals surface area contributed by atoms with Crippen molar-refractivity contribution in [2.24, 2.45) is 0 Å². The average Bonchev–Trinajstić information content (AvgIpc) is 2.02. The van der Waals surface area contributed by atoms with Gasteiger partial charge in [0.15, 0.2) is 11.5 Å². The van der Waals surface area contributed by atoms with Crippen LogP contribution in [0, 0.1) is 20.2 Å². The van der Waals surface area contributed by atoms with Crippen LogP contribution in [0.5, 0.6) is 11.5 Å². The van der Waals surface area contributed by atoms with Crippen molar-refractivity contribution < 1.29 is 20.1 Å². The van der Waals surface area contributed by atoms with Crippen LogP contribution in [0.4, 0.5) is 11.4 Å². The second-order valence-corrected chi connectivity index (χ2v) is 2.34. The van der Waals surface area contributed by atoms with E-state index in [9.17, 15) is 20.2 Å². The van der Waals surface area contributed by atoms with Crippen molar-refractivity contribution in [3.8, 4) is 11.5 Å². The number of nitro benzene ring substituents is 2. The molecule has 0 fully saturated rings. The Hall–Kier alpha value is -1.46. The van der Waals surface area contributed by atoms with Crippen LogP contribution in [-0.2, 0) is 0 Å². The minimum atomic E-state index is -0.984. The predicted octanol–water partition coefficient (Wildman–Crippen LogP) is 0.533. The summed E-state index contributed by atoms with van der Waals surface area (Å²) >= 11 is 0. The standard InChI is InChI=1S/C6H4N2O6.Pb/c9-5-2-6(10)4(8(13)14)1-3(5)7(11)12;/h1-2,9-10H;. The van der Waals surface area contributed by atoms with E-state index in [-0.39, 0.29) is 27.3 Å². The molecule has 9 heteroatoms. The van der Waals surface area contributed by atoms with Gasteiger partial charge in [-0.2, -0.15) is 0 Å². The van der Waals surface area contributed by atoms with E-state index in [1.807, 2.05) is 0 Å². The number of hydrogen-bond donors (Lipinski definition) is 2. The largest absolute Gasteiger partial charge is 0.502 e. The molecule has 1 aromatic rings. The van der Waals surface area contributed by atoms with Gasteiger partial charge in [-0.3, -0.25) is 20.2 Å². The van der Waals surface area contributed by atoms with Gasteiger partial charge in [0.2, 0.25) is 0 Å². The molecule has 0 aliphatic heterocycles. The van der Waals surface area contributed by atoms with Crippen molar-refractivity contribution in [1.82, 2.24) is 0 Å². The molecule has 0 spiro atoms. The summed E-state index contributed by atoms with van der Waals surface area (Å²) in [5.41, 5.74) is -1.65. The molecule has 0 aromatic heterocycles. The molecule has 8 nitrogen and oxygen atoms in total. The van der Waals surface area contributed by atoms with Crippen molar-refractivity contribution in [3.63, 3.8) is 0 Å². The Morgan fingerprint density at radius 3 is 1.53 bits per heavy atom. The zero-order chi connectivity index (χ0) is 10.9. The van der Waals surface area contributed by atoms with Gasteiger partial charge in [-0.15, -0.1) is 0 Å². The summed E-state index contributed by atoms with van der Waals surface area (Å²) < 4.78 is 0. The summed E-state index contributed by atoms with van der Waals surface area (Å²) in [4.78, 5) is 18.5. The molecule has 78 valence electrons. The SMILES string of the molecule is O=[N+]([O-])c1cc([N+](=O)[O-])c(O)cc1O.[Pb]. The van der Waals surface area contributed by atoms with Gasteiger partial charge >= 0.3 is 11.4 Å². The quantitative estimate of drug-likeness (QED) is 0.418. The van der Waals surface area contributed by atoms with Crippen molar-refractivity contribution in [2.75, 3.05) is 0 Å². The van der Waals surface area contributed by atoms with E-state index in [0.717, 1.165) is 0 Å². The fourth-order valence-electron chi connectivity index (χ4n) is 0.847. The molecule has 0 saturated carbocycles. The fourth-order valence-corrected chi connectivity index (χ4v) is 0.847. The summed E-state index contributed by atoms with van der Waals surface area (Å²) in [6.45, 7) is 0. The first-order valence-corrected chi connectivity index (χ1v) is 3.28. The Bertz CT molecular complexity index is 385. The third kappa shape index (κ3) is 2.74. The topological polar surface area (TPSA) is 127 Å². The number of rotatable bonds is 2. The van der Waals surface area contributed by atoms with Crippen molar-refractivity contribution in [3.05, 3.63) is 32.4 Å². The van der Waals surface area contributed by atoms with Gasteiger partial charge in [-0.05, 0) is 0 Å². The molecule has 1 rings (SSSR count). The summed E-state index contributed by atoms with van der Waals surface area (Å²) in [5, 5.41) is 38.4. The third-order valence-corrected chi connectivity index (χ3v) is 1.47. The van der Waals surface area contributed by atoms with E-state index in [2.05, 4.69) is 0 Å². The average molecular weight is 407 g/mol. The number of benzene rings is 1. The number of hydrogen-bond acceptors (Lipinski definition) is 6. The summed E-state index contributed by atoms with van der Waals surface area (Å²) in [6.07, 6.45) is 0. The monoisotopic (exact) mass is 408 g/mol. The molecule has 0 saturated heterocycles. The van der Waals surface area contributed by atoms with Crippen LogP contribution in [0.25, 0.3) is 0 Å². The molecular formula is C6H4N2O6Pb. The molecule has 0 bridgehead atoms. The maximum absolute atomic E-state index is 10.2. The van der Waals surface area contributed by atoms with Gasteiger partial charge in [-0.1, -0.05) is 0 Å². The predicted molar refractivity (Wildman–Crippen MR) is 48.8 cm³/mol. The van der Waals surface area contributed by atoms with Crippen LogP contribution in [0.1, 0.15) is 0 Å². The normalized spacial score (nSPS) is 9.07. The van der Waals surface area contributed by atoms with E-state index in [1.54, 1.807) is 0 Å². The first-order chi connectivity index (χ1) is 6.43. The molecule has 0 aliphatic carbocycles. The van der Waals surface area contributed by atoms with E-state index in [4.69, 9.17) is 10.2 Å². The van der Waals surface area contributed by atoms with Gasteiger partial charge in [0, 0.05) is 33.4 Å². The number of phenols is 2. The number of phenolic OH excluding ortho intramolecular Hbond substituents is 2. The first kappa shape index (κ1) is 13.5. The van der Waals surface area contributed by atoms with Crippen LogP contribution in [0.15, 0.2) is 12.1 Å². The van der Waals surface area contributed by atoms with Gasteiger partial charge in [0.25, 0.3) is 0 Å². The van der Waals surface area contributed by atoms with Crippen molar-refractivity contribution in [1.29, 1.82) is 0 Å². The minimum Gasteiger partial charge on any atom is -0.502 e. The van der Waals surface area contributed by atoms with E-state index in [0.29, 0.717) is 12.1 Å². The molecule has 0 atom stereocenters. The zero-order valence-corrected chi connectivity index (χ0v) is 11.0. The van der Waals surface area contributed by atoms with E-state index < -0.39 is 32.7 Å². The molecule has 0 amide bonds. The van der Waals surface area contributed by atoms with Crippen LogP contribution in [-0.4, -0.2) is 47.4 Å². The first-order valence-electron chi connectivity index (χ1n) is 3.28. The van der Waals surface area contributed by atoms with Crippen LogP contribution in [0.3, 0.4) is 0 Å². The third-order valence-electron chi connectivity index (χ3n) is 1.47. The summed E-state index contributed by atoms with van der Waals surface area (Å²) in [5.74, 6) is -1.64. The van der Waals surface area contributed by atoms with E-state index in [1.165, 1.54) is 0 Å². The molecule has 2 N–H and O–H groups in total.